The standard InChI is InChI=1S/C16H19F2N7/c1-25(4-2-3-12-9(7-19)16(20)24-23-12)15-8-21-13-5-10(17)11(18)6-14(13)22-15/h5-6,8-9,12,16,23-24H,2-4,20H2,1H3. The van der Waals surface area contributed by atoms with Crippen molar-refractivity contribution in [2.24, 2.45) is 11.7 Å². The fourth-order valence-corrected chi connectivity index (χ4v) is 2.90. The molecule has 1 fully saturated rings. The van der Waals surface area contributed by atoms with Crippen molar-refractivity contribution in [3.8, 4) is 6.07 Å². The molecule has 1 aliphatic rings. The van der Waals surface area contributed by atoms with Crippen LogP contribution in [0.4, 0.5) is 14.6 Å². The fourth-order valence-electron chi connectivity index (χ4n) is 2.90. The minimum absolute atomic E-state index is 0.00633. The van der Waals surface area contributed by atoms with E-state index in [1.807, 2.05) is 11.9 Å². The van der Waals surface area contributed by atoms with E-state index in [0.29, 0.717) is 23.4 Å². The molecule has 0 amide bonds. The van der Waals surface area contributed by atoms with Crippen LogP contribution in [-0.4, -0.2) is 35.8 Å². The van der Waals surface area contributed by atoms with Crippen LogP contribution in [0.5, 0.6) is 0 Å². The maximum absolute atomic E-state index is 13.4. The first-order chi connectivity index (χ1) is 12.0. The van der Waals surface area contributed by atoms with Crippen molar-refractivity contribution in [2.75, 3.05) is 18.5 Å². The summed E-state index contributed by atoms with van der Waals surface area (Å²) in [4.78, 5) is 10.3. The Bertz CT molecular complexity index is 807. The highest BCUT2D eigenvalue weighted by Crippen LogP contribution is 2.19. The summed E-state index contributed by atoms with van der Waals surface area (Å²) < 4.78 is 26.6. The Labute approximate surface area is 143 Å². The molecule has 0 aliphatic carbocycles. The SMILES string of the molecule is CN(CCCC1NNC(N)C1C#N)c1cnc2cc(F)c(F)cc2n1. The summed E-state index contributed by atoms with van der Waals surface area (Å²) in [6.45, 7) is 0.676. The molecule has 4 N–H and O–H groups in total. The molecule has 0 spiro atoms. The second-order valence-corrected chi connectivity index (χ2v) is 6.12. The van der Waals surface area contributed by atoms with Crippen molar-refractivity contribution in [2.45, 2.75) is 25.0 Å². The van der Waals surface area contributed by atoms with Crippen LogP contribution in [0.25, 0.3) is 11.0 Å². The molecule has 1 saturated heterocycles. The Morgan fingerprint density at radius 2 is 2.00 bits per heavy atom. The lowest BCUT2D eigenvalue weighted by Crippen LogP contribution is -2.38. The van der Waals surface area contributed by atoms with Gasteiger partial charge in [-0.2, -0.15) is 5.26 Å². The summed E-state index contributed by atoms with van der Waals surface area (Å²) in [6.07, 6.45) is 2.74. The summed E-state index contributed by atoms with van der Waals surface area (Å²) >= 11 is 0. The lowest BCUT2D eigenvalue weighted by Gasteiger charge is -2.20. The molecule has 2 aromatic rings. The molecule has 1 aromatic heterocycles. The van der Waals surface area contributed by atoms with E-state index in [2.05, 4.69) is 26.9 Å². The van der Waals surface area contributed by atoms with E-state index >= 15 is 0 Å². The molecule has 3 atom stereocenters. The van der Waals surface area contributed by atoms with Crippen molar-refractivity contribution in [3.05, 3.63) is 30.0 Å². The second kappa shape index (κ2) is 7.23. The Balaban J connectivity index is 1.62. The zero-order chi connectivity index (χ0) is 18.0. The molecular weight excluding hydrogens is 328 g/mol. The number of nitriles is 1. The van der Waals surface area contributed by atoms with Crippen molar-refractivity contribution in [1.29, 1.82) is 5.26 Å². The number of hydrogen-bond acceptors (Lipinski definition) is 7. The van der Waals surface area contributed by atoms with Crippen LogP contribution in [0.2, 0.25) is 0 Å². The van der Waals surface area contributed by atoms with Crippen LogP contribution in [-0.2, 0) is 0 Å². The number of nitrogens with two attached hydrogens (primary N) is 1. The van der Waals surface area contributed by atoms with Gasteiger partial charge in [0.15, 0.2) is 11.6 Å². The third-order valence-corrected chi connectivity index (χ3v) is 4.38. The van der Waals surface area contributed by atoms with E-state index < -0.39 is 11.6 Å². The Morgan fingerprint density at radius 1 is 1.28 bits per heavy atom. The highest BCUT2D eigenvalue weighted by molar-refractivity contribution is 5.75. The third-order valence-electron chi connectivity index (χ3n) is 4.38. The molecule has 3 unspecified atom stereocenters. The molecule has 132 valence electrons. The van der Waals surface area contributed by atoms with Crippen molar-refractivity contribution >= 4 is 16.9 Å². The summed E-state index contributed by atoms with van der Waals surface area (Å²) in [5.74, 6) is -1.58. The number of hydrazine groups is 1. The lowest BCUT2D eigenvalue weighted by atomic mass is 9.97. The normalized spacial score (nSPS) is 22.9. The number of nitrogens with one attached hydrogen (secondary N) is 2. The first kappa shape index (κ1) is 17.4. The average molecular weight is 347 g/mol. The first-order valence-corrected chi connectivity index (χ1v) is 7.99. The molecule has 3 rings (SSSR count). The maximum Gasteiger partial charge on any atom is 0.161 e. The topological polar surface area (TPSA) is 103 Å². The first-order valence-electron chi connectivity index (χ1n) is 7.99. The maximum atomic E-state index is 13.4. The van der Waals surface area contributed by atoms with Crippen LogP contribution in [0.3, 0.4) is 0 Å². The van der Waals surface area contributed by atoms with Gasteiger partial charge in [0, 0.05) is 31.8 Å². The molecule has 1 aromatic carbocycles. The van der Waals surface area contributed by atoms with E-state index in [-0.39, 0.29) is 18.1 Å². The number of anilines is 1. The lowest BCUT2D eigenvalue weighted by molar-refractivity contribution is 0.463. The van der Waals surface area contributed by atoms with Gasteiger partial charge >= 0.3 is 0 Å². The predicted octanol–water partition coefficient (Wildman–Crippen LogP) is 1.03. The van der Waals surface area contributed by atoms with Crippen LogP contribution >= 0.6 is 0 Å². The monoisotopic (exact) mass is 347 g/mol. The van der Waals surface area contributed by atoms with Gasteiger partial charge in [0.25, 0.3) is 0 Å². The molecule has 0 bridgehead atoms. The van der Waals surface area contributed by atoms with Gasteiger partial charge in [-0.05, 0) is 12.8 Å². The number of halogens is 2. The summed E-state index contributed by atoms with van der Waals surface area (Å²) in [5, 5.41) is 9.14. The van der Waals surface area contributed by atoms with Gasteiger partial charge in [0.2, 0.25) is 0 Å². The molecular formula is C16H19F2N7. The molecule has 2 heterocycles. The molecule has 0 radical (unpaired) electrons. The Hall–Kier alpha value is -2.41. The smallest absolute Gasteiger partial charge is 0.161 e. The minimum Gasteiger partial charge on any atom is -0.358 e. The molecule has 1 aliphatic heterocycles. The number of rotatable bonds is 5. The summed E-state index contributed by atoms with van der Waals surface area (Å²) in [6, 6.07) is 4.28. The number of nitrogens with zero attached hydrogens (tertiary/aromatic N) is 4. The zero-order valence-corrected chi connectivity index (χ0v) is 13.7. The quantitative estimate of drug-likeness (QED) is 0.742. The van der Waals surface area contributed by atoms with Gasteiger partial charge in [-0.25, -0.2) is 19.2 Å². The number of hydrogen-bond donors (Lipinski definition) is 3. The molecule has 9 heteroatoms. The second-order valence-electron chi connectivity index (χ2n) is 6.12. The van der Waals surface area contributed by atoms with Crippen molar-refractivity contribution in [1.82, 2.24) is 20.8 Å². The highest BCUT2D eigenvalue weighted by atomic mass is 19.2. The molecule has 25 heavy (non-hydrogen) atoms. The largest absolute Gasteiger partial charge is 0.358 e. The predicted molar refractivity (Wildman–Crippen MR) is 89.1 cm³/mol. The fraction of sp³-hybridized carbons (Fsp3) is 0.438. The van der Waals surface area contributed by atoms with Crippen LogP contribution in [0.1, 0.15) is 12.8 Å². The molecule has 7 nitrogen and oxygen atoms in total. The van der Waals surface area contributed by atoms with E-state index in [1.165, 1.54) is 6.20 Å². The van der Waals surface area contributed by atoms with E-state index in [1.54, 1.807) is 0 Å². The van der Waals surface area contributed by atoms with Gasteiger partial charge in [0.1, 0.15) is 5.82 Å². The Kier molecular flexibility index (Phi) is 5.03. The van der Waals surface area contributed by atoms with Crippen LogP contribution < -0.4 is 21.5 Å². The van der Waals surface area contributed by atoms with Gasteiger partial charge in [0.05, 0.1) is 35.4 Å². The average Bonchev–Trinajstić information content (AvgIpc) is 2.95. The van der Waals surface area contributed by atoms with Gasteiger partial charge < -0.3 is 10.6 Å². The number of aromatic nitrogens is 2. The van der Waals surface area contributed by atoms with E-state index in [4.69, 9.17) is 11.0 Å². The number of benzene rings is 1. The van der Waals surface area contributed by atoms with Crippen LogP contribution in [0.15, 0.2) is 18.3 Å². The summed E-state index contributed by atoms with van der Waals surface area (Å²) in [7, 11) is 1.85. The van der Waals surface area contributed by atoms with Crippen LogP contribution in [0, 0.1) is 28.9 Å². The van der Waals surface area contributed by atoms with Crippen molar-refractivity contribution < 1.29 is 8.78 Å². The highest BCUT2D eigenvalue weighted by Gasteiger charge is 2.32. The van der Waals surface area contributed by atoms with Gasteiger partial charge in [-0.15, -0.1) is 0 Å². The van der Waals surface area contributed by atoms with E-state index in [0.717, 1.165) is 25.0 Å². The summed E-state index contributed by atoms with van der Waals surface area (Å²) in [5.41, 5.74) is 12.3. The molecule has 0 saturated carbocycles. The van der Waals surface area contributed by atoms with Crippen molar-refractivity contribution in [3.63, 3.8) is 0 Å². The third kappa shape index (κ3) is 3.66. The number of fused-ring (bicyclic) bond motifs is 1. The minimum atomic E-state index is -0.944. The van der Waals surface area contributed by atoms with Gasteiger partial charge in [-0.3, -0.25) is 10.4 Å². The Morgan fingerprint density at radius 3 is 2.72 bits per heavy atom. The van der Waals surface area contributed by atoms with E-state index in [9.17, 15) is 8.78 Å². The zero-order valence-electron chi connectivity index (χ0n) is 13.7. The van der Waals surface area contributed by atoms with Gasteiger partial charge in [-0.1, -0.05) is 0 Å².